The highest BCUT2D eigenvalue weighted by molar-refractivity contribution is 7.20. The number of pyridine rings is 1. The van der Waals surface area contributed by atoms with E-state index < -0.39 is 0 Å². The Labute approximate surface area is 149 Å². The lowest BCUT2D eigenvalue weighted by Gasteiger charge is -2.06. The fraction of sp³-hybridized carbons (Fsp3) is 0.100. The molecule has 0 aliphatic heterocycles. The Kier molecular flexibility index (Phi) is 3.66. The molecule has 2 aromatic heterocycles. The van der Waals surface area contributed by atoms with Crippen molar-refractivity contribution >= 4 is 49.6 Å². The second-order valence-corrected chi connectivity index (χ2v) is 7.22. The summed E-state index contributed by atoms with van der Waals surface area (Å²) in [5.41, 5.74) is 9.68. The van der Waals surface area contributed by atoms with E-state index in [0.29, 0.717) is 10.6 Å². The number of aryl methyl sites for hydroxylation is 2. The van der Waals surface area contributed by atoms with E-state index in [4.69, 9.17) is 5.73 Å². The lowest BCUT2D eigenvalue weighted by atomic mass is 10.1. The molecule has 1 amide bonds. The van der Waals surface area contributed by atoms with Crippen LogP contribution in [0, 0.1) is 13.8 Å². The van der Waals surface area contributed by atoms with Gasteiger partial charge >= 0.3 is 0 Å². The molecule has 4 nitrogen and oxygen atoms in total. The lowest BCUT2D eigenvalue weighted by Crippen LogP contribution is -2.11. The highest BCUT2D eigenvalue weighted by Crippen LogP contribution is 2.34. The average molecular weight is 348 g/mol. The third-order valence-electron chi connectivity index (χ3n) is 4.30. The van der Waals surface area contributed by atoms with Gasteiger partial charge in [0.25, 0.3) is 10.7 Å². The summed E-state index contributed by atoms with van der Waals surface area (Å²) in [5, 5.41) is 6.12. The van der Waals surface area contributed by atoms with Crippen molar-refractivity contribution in [2.45, 2.75) is 13.8 Å². The van der Waals surface area contributed by atoms with Crippen LogP contribution in [0.15, 0.2) is 48.5 Å². The van der Waals surface area contributed by atoms with Crippen molar-refractivity contribution in [2.75, 3.05) is 11.1 Å². The standard InChI is InChI=1S/C20H17N3OS/c1-11-9-12(2)22-20-16(11)17(21)18(25-20)19(24)23-15-8-7-13-5-3-4-6-14(13)10-15/h3-10H,21H2,1-2H3,(H,23,24)/p+1. The van der Waals surface area contributed by atoms with Crippen LogP contribution in [0.25, 0.3) is 21.0 Å². The molecule has 2 heterocycles. The van der Waals surface area contributed by atoms with Crippen molar-refractivity contribution in [1.29, 1.82) is 0 Å². The normalized spacial score (nSPS) is 11.1. The number of amides is 1. The van der Waals surface area contributed by atoms with Gasteiger partial charge in [0, 0.05) is 18.7 Å². The number of hydrogen-bond acceptors (Lipinski definition) is 3. The van der Waals surface area contributed by atoms with Gasteiger partial charge in [-0.2, -0.15) is 4.98 Å². The third-order valence-corrected chi connectivity index (χ3v) is 5.42. The number of benzene rings is 2. The maximum absolute atomic E-state index is 12.7. The number of nitrogen functional groups attached to an aromatic ring is 1. The summed E-state index contributed by atoms with van der Waals surface area (Å²) in [5.74, 6) is -0.181. The SMILES string of the molecule is Cc1cc(C)c2c(N)c(C(=O)Nc3ccc4ccccc4c3)sc2[nH+]1. The Morgan fingerprint density at radius 2 is 1.84 bits per heavy atom. The molecule has 0 bridgehead atoms. The molecule has 0 aliphatic carbocycles. The second kappa shape index (κ2) is 5.86. The summed E-state index contributed by atoms with van der Waals surface area (Å²) in [7, 11) is 0. The van der Waals surface area contributed by atoms with Gasteiger partial charge in [-0.1, -0.05) is 41.7 Å². The smallest absolute Gasteiger partial charge is 0.270 e. The largest absolute Gasteiger partial charge is 0.397 e. The number of nitrogens with two attached hydrogens (primary N) is 1. The Hall–Kier alpha value is -2.92. The molecule has 5 heteroatoms. The van der Waals surface area contributed by atoms with Crippen molar-refractivity contribution < 1.29 is 9.78 Å². The first kappa shape index (κ1) is 15.6. The minimum atomic E-state index is -0.181. The van der Waals surface area contributed by atoms with Crippen LogP contribution in [0.3, 0.4) is 0 Å². The van der Waals surface area contributed by atoms with Crippen molar-refractivity contribution in [3.05, 3.63) is 64.7 Å². The Balaban J connectivity index is 1.71. The monoisotopic (exact) mass is 348 g/mol. The van der Waals surface area contributed by atoms with Gasteiger partial charge in [0.15, 0.2) is 5.69 Å². The van der Waals surface area contributed by atoms with Gasteiger partial charge in [-0.25, -0.2) is 0 Å². The van der Waals surface area contributed by atoms with E-state index in [1.807, 2.05) is 62.4 Å². The van der Waals surface area contributed by atoms with Crippen molar-refractivity contribution in [3.63, 3.8) is 0 Å². The number of carbonyl (C=O) groups is 1. The van der Waals surface area contributed by atoms with Gasteiger partial charge in [-0.05, 0) is 35.4 Å². The van der Waals surface area contributed by atoms with E-state index in [1.165, 1.54) is 11.3 Å². The van der Waals surface area contributed by atoms with Crippen LogP contribution in [0.2, 0.25) is 0 Å². The zero-order chi connectivity index (χ0) is 17.6. The van der Waals surface area contributed by atoms with Crippen LogP contribution in [0.4, 0.5) is 11.4 Å². The molecule has 4 aromatic rings. The average Bonchev–Trinajstić information content (AvgIpc) is 2.91. The summed E-state index contributed by atoms with van der Waals surface area (Å²) in [6.45, 7) is 4.01. The Morgan fingerprint density at radius 1 is 1.08 bits per heavy atom. The van der Waals surface area contributed by atoms with Crippen molar-refractivity contribution in [2.24, 2.45) is 0 Å². The highest BCUT2D eigenvalue weighted by atomic mass is 32.1. The van der Waals surface area contributed by atoms with Gasteiger partial charge in [-0.3, -0.25) is 4.79 Å². The molecule has 0 saturated carbocycles. The number of nitrogens with one attached hydrogen (secondary N) is 2. The number of rotatable bonds is 2. The van der Waals surface area contributed by atoms with Crippen LogP contribution >= 0.6 is 11.3 Å². The van der Waals surface area contributed by atoms with Gasteiger partial charge < -0.3 is 11.1 Å². The molecule has 124 valence electrons. The van der Waals surface area contributed by atoms with E-state index in [-0.39, 0.29) is 5.91 Å². The van der Waals surface area contributed by atoms with Crippen LogP contribution in [0.5, 0.6) is 0 Å². The molecule has 4 N–H and O–H groups in total. The van der Waals surface area contributed by atoms with Crippen LogP contribution < -0.4 is 16.0 Å². The summed E-state index contributed by atoms with van der Waals surface area (Å²) in [6.07, 6.45) is 0. The first-order valence-corrected chi connectivity index (χ1v) is 8.86. The van der Waals surface area contributed by atoms with Crippen molar-refractivity contribution in [1.82, 2.24) is 0 Å². The van der Waals surface area contributed by atoms with E-state index in [1.54, 1.807) is 0 Å². The Bertz CT molecular complexity index is 1130. The number of hydrogen-bond donors (Lipinski definition) is 2. The van der Waals surface area contributed by atoms with Crippen molar-refractivity contribution in [3.8, 4) is 0 Å². The fourth-order valence-electron chi connectivity index (χ4n) is 3.16. The van der Waals surface area contributed by atoms with Crippen LogP contribution in [-0.4, -0.2) is 5.91 Å². The second-order valence-electron chi connectivity index (χ2n) is 6.20. The lowest BCUT2D eigenvalue weighted by molar-refractivity contribution is -0.351. The van der Waals surface area contributed by atoms with Gasteiger partial charge in [0.05, 0.1) is 11.1 Å². The van der Waals surface area contributed by atoms with Crippen LogP contribution in [-0.2, 0) is 0 Å². The summed E-state index contributed by atoms with van der Waals surface area (Å²) in [4.78, 5) is 17.5. The molecule has 4 rings (SSSR count). The number of fused-ring (bicyclic) bond motifs is 2. The maximum Gasteiger partial charge on any atom is 0.270 e. The van der Waals surface area contributed by atoms with E-state index >= 15 is 0 Å². The van der Waals surface area contributed by atoms with E-state index in [0.717, 1.165) is 37.9 Å². The number of H-pyrrole nitrogens is 1. The minimum Gasteiger partial charge on any atom is -0.397 e. The molecule has 0 aliphatic rings. The minimum absolute atomic E-state index is 0.181. The van der Waals surface area contributed by atoms with Crippen LogP contribution in [0.1, 0.15) is 20.9 Å². The Morgan fingerprint density at radius 3 is 2.64 bits per heavy atom. The molecule has 0 unspecified atom stereocenters. The maximum atomic E-state index is 12.7. The number of anilines is 2. The molecule has 0 radical (unpaired) electrons. The van der Waals surface area contributed by atoms with Gasteiger partial charge in [0.2, 0.25) is 0 Å². The molecule has 0 fully saturated rings. The van der Waals surface area contributed by atoms with Gasteiger partial charge in [-0.15, -0.1) is 0 Å². The molecule has 25 heavy (non-hydrogen) atoms. The molecule has 0 spiro atoms. The summed E-state index contributed by atoms with van der Waals surface area (Å²) < 4.78 is 0. The predicted molar refractivity (Wildman–Crippen MR) is 104 cm³/mol. The topological polar surface area (TPSA) is 69.3 Å². The number of carbonyl (C=O) groups excluding carboxylic acids is 1. The summed E-state index contributed by atoms with van der Waals surface area (Å²) in [6, 6.07) is 16.0. The van der Waals surface area contributed by atoms with E-state index in [9.17, 15) is 4.79 Å². The molecular formula is C20H18N3OS+. The first-order valence-electron chi connectivity index (χ1n) is 8.04. The fourth-order valence-corrected chi connectivity index (χ4v) is 4.30. The number of aromatic nitrogens is 1. The molecular weight excluding hydrogens is 330 g/mol. The first-order chi connectivity index (χ1) is 12.0. The zero-order valence-corrected chi connectivity index (χ0v) is 14.8. The molecule has 2 aromatic carbocycles. The molecule has 0 saturated heterocycles. The number of thiophene rings is 1. The third kappa shape index (κ3) is 2.72. The van der Waals surface area contributed by atoms with E-state index in [2.05, 4.69) is 10.3 Å². The quantitative estimate of drug-likeness (QED) is 0.566. The molecule has 0 atom stereocenters. The van der Waals surface area contributed by atoms with Gasteiger partial charge in [0.1, 0.15) is 4.88 Å². The summed E-state index contributed by atoms with van der Waals surface area (Å²) >= 11 is 1.39. The zero-order valence-electron chi connectivity index (χ0n) is 14.0. The number of aromatic amines is 1. The highest BCUT2D eigenvalue weighted by Gasteiger charge is 2.22. The predicted octanol–water partition coefficient (Wildman–Crippen LogP) is 4.32.